The zero-order valence-electron chi connectivity index (χ0n) is 13.2. The zero-order valence-corrected chi connectivity index (χ0v) is 13.2. The van der Waals surface area contributed by atoms with Crippen LogP contribution in [0.4, 0.5) is 8.78 Å². The Morgan fingerprint density at radius 1 is 1.32 bits per heavy atom. The first-order valence-electron chi connectivity index (χ1n) is 8.31. The molecule has 2 heterocycles. The van der Waals surface area contributed by atoms with E-state index in [-0.39, 0.29) is 24.3 Å². The minimum absolute atomic E-state index is 0.114. The van der Waals surface area contributed by atoms with Crippen LogP contribution in [0.5, 0.6) is 0 Å². The van der Waals surface area contributed by atoms with Gasteiger partial charge in [0.1, 0.15) is 5.60 Å². The Morgan fingerprint density at radius 2 is 2.05 bits per heavy atom. The lowest BCUT2D eigenvalue weighted by molar-refractivity contribution is -0.201. The lowest BCUT2D eigenvalue weighted by atomic mass is 9.76. The van der Waals surface area contributed by atoms with Crippen LogP contribution in [0.3, 0.4) is 0 Å². The Kier molecular flexibility index (Phi) is 4.42. The van der Waals surface area contributed by atoms with Crippen LogP contribution in [-0.2, 0) is 14.3 Å². The number of carbonyl (C=O) groups is 1. The van der Waals surface area contributed by atoms with Crippen molar-refractivity contribution >= 4 is 5.91 Å². The maximum absolute atomic E-state index is 12.9. The Labute approximate surface area is 130 Å². The summed E-state index contributed by atoms with van der Waals surface area (Å²) in [6.45, 7) is 5.36. The highest BCUT2D eigenvalue weighted by atomic mass is 19.3. The third kappa shape index (κ3) is 3.27. The highest BCUT2D eigenvalue weighted by Gasteiger charge is 2.55. The molecule has 1 spiro atoms. The molecular formula is C16H25F2NO3. The summed E-state index contributed by atoms with van der Waals surface area (Å²) in [5.41, 5.74) is -0.225. The number of amides is 1. The molecule has 1 saturated carbocycles. The van der Waals surface area contributed by atoms with Gasteiger partial charge >= 0.3 is 0 Å². The second-order valence-corrected chi connectivity index (χ2v) is 7.03. The number of hydrogen-bond donors (Lipinski definition) is 0. The number of nitrogens with zero attached hydrogens (tertiary/aromatic N) is 1. The van der Waals surface area contributed by atoms with Gasteiger partial charge in [-0.3, -0.25) is 4.79 Å². The lowest BCUT2D eigenvalue weighted by Gasteiger charge is -2.54. The molecule has 0 aromatic heterocycles. The van der Waals surface area contributed by atoms with Gasteiger partial charge in [0.05, 0.1) is 13.1 Å². The quantitative estimate of drug-likeness (QED) is 0.731. The van der Waals surface area contributed by atoms with Crippen LogP contribution in [0, 0.1) is 11.8 Å². The van der Waals surface area contributed by atoms with Gasteiger partial charge in [-0.1, -0.05) is 0 Å². The molecular weight excluding hydrogens is 292 g/mol. The predicted octanol–water partition coefficient (Wildman–Crippen LogP) is 2.47. The van der Waals surface area contributed by atoms with E-state index in [4.69, 9.17) is 9.47 Å². The van der Waals surface area contributed by atoms with E-state index in [1.807, 2.05) is 6.92 Å². The van der Waals surface area contributed by atoms with E-state index in [1.54, 1.807) is 4.90 Å². The predicted molar refractivity (Wildman–Crippen MR) is 76.8 cm³/mol. The van der Waals surface area contributed by atoms with Crippen molar-refractivity contribution < 1.29 is 23.0 Å². The van der Waals surface area contributed by atoms with Crippen LogP contribution >= 0.6 is 0 Å². The minimum Gasteiger partial charge on any atom is -0.382 e. The molecule has 4 nitrogen and oxygen atoms in total. The molecule has 1 atom stereocenters. The van der Waals surface area contributed by atoms with Crippen molar-refractivity contribution in [2.24, 2.45) is 11.8 Å². The molecule has 3 rings (SSSR count). The number of hydrogen-bond acceptors (Lipinski definition) is 3. The van der Waals surface area contributed by atoms with Gasteiger partial charge in [-0.05, 0) is 32.1 Å². The summed E-state index contributed by atoms with van der Waals surface area (Å²) in [5, 5.41) is 0. The van der Waals surface area contributed by atoms with Gasteiger partial charge in [-0.2, -0.15) is 0 Å². The van der Waals surface area contributed by atoms with Gasteiger partial charge in [0.15, 0.2) is 0 Å². The number of alkyl halides is 2. The van der Waals surface area contributed by atoms with Gasteiger partial charge in [0.25, 0.3) is 0 Å². The van der Waals surface area contributed by atoms with Crippen molar-refractivity contribution in [3.05, 3.63) is 0 Å². The fourth-order valence-corrected chi connectivity index (χ4v) is 3.89. The largest absolute Gasteiger partial charge is 0.382 e. The molecule has 2 aliphatic heterocycles. The van der Waals surface area contributed by atoms with Crippen LogP contribution in [0.2, 0.25) is 0 Å². The Balaban J connectivity index is 1.44. The fraction of sp³-hybridized carbons (Fsp3) is 0.938. The molecule has 126 valence electrons. The second kappa shape index (κ2) is 6.04. The topological polar surface area (TPSA) is 38.8 Å². The van der Waals surface area contributed by atoms with Crippen molar-refractivity contribution in [3.8, 4) is 0 Å². The second-order valence-electron chi connectivity index (χ2n) is 7.03. The van der Waals surface area contributed by atoms with Crippen molar-refractivity contribution in [2.45, 2.75) is 50.6 Å². The van der Waals surface area contributed by atoms with Gasteiger partial charge < -0.3 is 14.4 Å². The highest BCUT2D eigenvalue weighted by Crippen LogP contribution is 2.45. The molecule has 6 heteroatoms. The van der Waals surface area contributed by atoms with E-state index in [2.05, 4.69) is 0 Å². The number of rotatable bonds is 5. The van der Waals surface area contributed by atoms with Crippen LogP contribution in [0.15, 0.2) is 0 Å². The third-order valence-corrected chi connectivity index (χ3v) is 5.18. The molecule has 1 aliphatic carbocycles. The summed E-state index contributed by atoms with van der Waals surface area (Å²) in [4.78, 5) is 13.8. The number of halogens is 2. The minimum atomic E-state index is -2.63. The third-order valence-electron chi connectivity index (χ3n) is 5.18. The molecule has 0 aromatic carbocycles. The van der Waals surface area contributed by atoms with E-state index >= 15 is 0 Å². The van der Waals surface area contributed by atoms with Gasteiger partial charge in [-0.15, -0.1) is 0 Å². The summed E-state index contributed by atoms with van der Waals surface area (Å²) in [6, 6.07) is 0. The molecule has 2 saturated heterocycles. The van der Waals surface area contributed by atoms with Crippen molar-refractivity contribution in [1.29, 1.82) is 0 Å². The summed E-state index contributed by atoms with van der Waals surface area (Å²) in [5.74, 6) is -2.65. The summed E-state index contributed by atoms with van der Waals surface area (Å²) < 4.78 is 37.1. The summed E-state index contributed by atoms with van der Waals surface area (Å²) in [6.07, 6.45) is 2.45. The molecule has 22 heavy (non-hydrogen) atoms. The molecule has 0 unspecified atom stereocenters. The first-order valence-corrected chi connectivity index (χ1v) is 8.31. The number of ether oxygens (including phenoxy) is 2. The maximum atomic E-state index is 12.9. The standard InChI is InChI=1S/C16H25F2NO3/c1-2-21-5-3-12-4-6-22-15(7-12)10-19(11-15)14(20)13-8-16(17,18)9-13/h12-13H,2-11H2,1H3/t12-/m0/s1. The fourth-order valence-electron chi connectivity index (χ4n) is 3.89. The molecule has 0 radical (unpaired) electrons. The molecule has 3 fully saturated rings. The number of carbonyl (C=O) groups excluding carboxylic acids is 1. The number of likely N-dealkylation sites (tertiary alicyclic amines) is 1. The Bertz CT molecular complexity index is 416. The van der Waals surface area contributed by atoms with Crippen molar-refractivity contribution in [3.63, 3.8) is 0 Å². The van der Waals surface area contributed by atoms with Gasteiger partial charge in [0.2, 0.25) is 11.8 Å². The summed E-state index contributed by atoms with van der Waals surface area (Å²) >= 11 is 0. The Hall–Kier alpha value is -0.750. The first kappa shape index (κ1) is 16.1. The molecule has 0 bridgehead atoms. The first-order chi connectivity index (χ1) is 10.4. The van der Waals surface area contributed by atoms with E-state index in [9.17, 15) is 13.6 Å². The molecule has 3 aliphatic rings. The van der Waals surface area contributed by atoms with Crippen molar-refractivity contribution in [1.82, 2.24) is 4.90 Å². The average Bonchev–Trinajstić information content (AvgIpc) is 2.42. The molecule has 0 aromatic rings. The van der Waals surface area contributed by atoms with Crippen LogP contribution in [0.1, 0.15) is 39.0 Å². The summed E-state index contributed by atoms with van der Waals surface area (Å²) in [7, 11) is 0. The van der Waals surface area contributed by atoms with E-state index in [0.717, 1.165) is 39.1 Å². The van der Waals surface area contributed by atoms with Crippen LogP contribution in [-0.4, -0.2) is 55.2 Å². The zero-order chi connectivity index (χ0) is 15.8. The molecule has 0 N–H and O–H groups in total. The molecule has 1 amide bonds. The maximum Gasteiger partial charge on any atom is 0.249 e. The normalized spacial score (nSPS) is 30.0. The van der Waals surface area contributed by atoms with Gasteiger partial charge in [0, 0.05) is 38.6 Å². The highest BCUT2D eigenvalue weighted by molar-refractivity contribution is 5.81. The van der Waals surface area contributed by atoms with Crippen LogP contribution < -0.4 is 0 Å². The Morgan fingerprint density at radius 3 is 2.68 bits per heavy atom. The van der Waals surface area contributed by atoms with Crippen molar-refractivity contribution in [2.75, 3.05) is 32.9 Å². The van der Waals surface area contributed by atoms with E-state index < -0.39 is 11.8 Å². The monoisotopic (exact) mass is 317 g/mol. The SMILES string of the molecule is CCOCC[C@H]1CCOC2(C1)CN(C(=O)C1CC(F)(F)C1)C2. The van der Waals surface area contributed by atoms with E-state index in [1.165, 1.54) is 0 Å². The van der Waals surface area contributed by atoms with Gasteiger partial charge in [-0.25, -0.2) is 8.78 Å². The van der Waals surface area contributed by atoms with E-state index in [0.29, 0.717) is 19.0 Å². The smallest absolute Gasteiger partial charge is 0.249 e. The van der Waals surface area contributed by atoms with Crippen LogP contribution in [0.25, 0.3) is 0 Å². The average molecular weight is 317 g/mol. The lowest BCUT2D eigenvalue weighted by Crippen LogP contribution is -2.68.